The van der Waals surface area contributed by atoms with Crippen LogP contribution < -0.4 is 9.94 Å². The Morgan fingerprint density at radius 3 is 2.74 bits per heavy atom. The lowest BCUT2D eigenvalue weighted by Gasteiger charge is -2.20. The minimum absolute atomic E-state index is 0.0529. The summed E-state index contributed by atoms with van der Waals surface area (Å²) in [5.41, 5.74) is 0.811. The van der Waals surface area contributed by atoms with Gasteiger partial charge in [0.2, 0.25) is 15.9 Å². The van der Waals surface area contributed by atoms with E-state index >= 15 is 0 Å². The van der Waals surface area contributed by atoms with Crippen LogP contribution in [0, 0.1) is 5.92 Å². The molecule has 2 aromatic rings. The van der Waals surface area contributed by atoms with Crippen LogP contribution in [0.1, 0.15) is 44.9 Å². The van der Waals surface area contributed by atoms with Crippen molar-refractivity contribution < 1.29 is 13.2 Å². The number of carbonyl (C=O) groups is 1. The molecule has 8 heteroatoms. The zero-order chi connectivity index (χ0) is 19.4. The van der Waals surface area contributed by atoms with Gasteiger partial charge in [0.15, 0.2) is 4.80 Å². The van der Waals surface area contributed by atoms with Crippen molar-refractivity contribution in [1.82, 2.24) is 4.57 Å². The van der Waals surface area contributed by atoms with Crippen molar-refractivity contribution in [3.8, 4) is 0 Å². The summed E-state index contributed by atoms with van der Waals surface area (Å²) in [5.74, 6) is 0.509. The third-order valence-electron chi connectivity index (χ3n) is 5.01. The Morgan fingerprint density at radius 2 is 2.07 bits per heavy atom. The first-order valence-corrected chi connectivity index (χ1v) is 11.6. The monoisotopic (exact) mass is 407 g/mol. The SMILES string of the molecule is C=CCn1c(=NC(=O)CCC2CCCCC2)sc2cc(S(N)(=O)=O)ccc21. The second-order valence-corrected chi connectivity index (χ2v) is 9.58. The number of aromatic nitrogens is 1. The Hall–Kier alpha value is -1.77. The molecule has 0 atom stereocenters. The lowest BCUT2D eigenvalue weighted by Crippen LogP contribution is -2.17. The predicted octanol–water partition coefficient (Wildman–Crippen LogP) is 3.32. The van der Waals surface area contributed by atoms with Crippen LogP contribution in [0.2, 0.25) is 0 Å². The summed E-state index contributed by atoms with van der Waals surface area (Å²) in [4.78, 5) is 17.3. The van der Waals surface area contributed by atoms with Crippen LogP contribution in [0.25, 0.3) is 10.2 Å². The molecular formula is C19H25N3O3S2. The van der Waals surface area contributed by atoms with Crippen molar-refractivity contribution in [3.63, 3.8) is 0 Å². The van der Waals surface area contributed by atoms with Crippen LogP contribution in [-0.4, -0.2) is 18.9 Å². The molecule has 1 heterocycles. The van der Waals surface area contributed by atoms with E-state index in [0.717, 1.165) is 16.6 Å². The van der Waals surface area contributed by atoms with Gasteiger partial charge in [0.1, 0.15) is 0 Å². The molecule has 2 N–H and O–H groups in total. The van der Waals surface area contributed by atoms with E-state index in [1.807, 2.05) is 4.57 Å². The molecule has 0 spiro atoms. The zero-order valence-electron chi connectivity index (χ0n) is 15.3. The summed E-state index contributed by atoms with van der Waals surface area (Å²) in [5, 5.41) is 5.22. The van der Waals surface area contributed by atoms with Crippen LogP contribution in [0.15, 0.2) is 40.7 Å². The largest absolute Gasteiger partial charge is 0.313 e. The van der Waals surface area contributed by atoms with Gasteiger partial charge >= 0.3 is 0 Å². The van der Waals surface area contributed by atoms with Gasteiger partial charge in [-0.1, -0.05) is 49.5 Å². The number of nitrogens with zero attached hydrogens (tertiary/aromatic N) is 2. The van der Waals surface area contributed by atoms with Crippen molar-refractivity contribution in [3.05, 3.63) is 35.7 Å². The molecule has 0 unspecified atom stereocenters. The maximum absolute atomic E-state index is 12.4. The van der Waals surface area contributed by atoms with E-state index in [4.69, 9.17) is 5.14 Å². The van der Waals surface area contributed by atoms with Gasteiger partial charge in [0, 0.05) is 13.0 Å². The van der Waals surface area contributed by atoms with E-state index in [0.29, 0.717) is 23.7 Å². The number of sulfonamides is 1. The van der Waals surface area contributed by atoms with Crippen LogP contribution in [0.5, 0.6) is 0 Å². The Morgan fingerprint density at radius 1 is 1.33 bits per heavy atom. The highest BCUT2D eigenvalue weighted by molar-refractivity contribution is 7.89. The number of rotatable bonds is 6. The van der Waals surface area contributed by atoms with Crippen LogP contribution in [0.4, 0.5) is 0 Å². The molecule has 146 valence electrons. The summed E-state index contributed by atoms with van der Waals surface area (Å²) in [7, 11) is -3.77. The number of allylic oxidation sites excluding steroid dienone is 1. The fourth-order valence-electron chi connectivity index (χ4n) is 3.59. The van der Waals surface area contributed by atoms with Gasteiger partial charge in [-0.3, -0.25) is 4.79 Å². The van der Waals surface area contributed by atoms with Crippen molar-refractivity contribution in [1.29, 1.82) is 0 Å². The second-order valence-electron chi connectivity index (χ2n) is 7.01. The normalized spacial score (nSPS) is 16.7. The molecule has 1 aliphatic rings. The highest BCUT2D eigenvalue weighted by atomic mass is 32.2. The first-order valence-electron chi connectivity index (χ1n) is 9.23. The lowest BCUT2D eigenvalue weighted by atomic mass is 9.86. The maximum Gasteiger partial charge on any atom is 0.248 e. The number of hydrogen-bond acceptors (Lipinski definition) is 4. The average molecular weight is 408 g/mol. The minimum Gasteiger partial charge on any atom is -0.313 e. The number of nitrogens with two attached hydrogens (primary N) is 1. The predicted molar refractivity (Wildman–Crippen MR) is 108 cm³/mol. The van der Waals surface area contributed by atoms with E-state index in [-0.39, 0.29) is 10.8 Å². The molecular weight excluding hydrogens is 382 g/mol. The molecule has 6 nitrogen and oxygen atoms in total. The van der Waals surface area contributed by atoms with Crippen LogP contribution in [-0.2, 0) is 21.4 Å². The van der Waals surface area contributed by atoms with Crippen LogP contribution in [0.3, 0.4) is 0 Å². The molecule has 0 bridgehead atoms. The number of amides is 1. The molecule has 27 heavy (non-hydrogen) atoms. The van der Waals surface area contributed by atoms with Crippen molar-refractivity contribution in [2.75, 3.05) is 0 Å². The van der Waals surface area contributed by atoms with Gasteiger partial charge in [-0.05, 0) is 30.5 Å². The molecule has 1 saturated carbocycles. The van der Waals surface area contributed by atoms with Gasteiger partial charge in [0.25, 0.3) is 0 Å². The van der Waals surface area contributed by atoms with Gasteiger partial charge in [-0.2, -0.15) is 4.99 Å². The van der Waals surface area contributed by atoms with Crippen molar-refractivity contribution in [2.45, 2.75) is 56.4 Å². The fraction of sp³-hybridized carbons (Fsp3) is 0.474. The van der Waals surface area contributed by atoms with Crippen LogP contribution >= 0.6 is 11.3 Å². The van der Waals surface area contributed by atoms with E-state index in [9.17, 15) is 13.2 Å². The molecule has 1 aromatic carbocycles. The topological polar surface area (TPSA) is 94.5 Å². The highest BCUT2D eigenvalue weighted by Crippen LogP contribution is 2.27. The summed E-state index contributed by atoms with van der Waals surface area (Å²) in [6, 6.07) is 4.69. The number of benzene rings is 1. The lowest BCUT2D eigenvalue weighted by molar-refractivity contribution is -0.118. The summed E-state index contributed by atoms with van der Waals surface area (Å²) in [6.45, 7) is 4.25. The molecule has 0 saturated heterocycles. The van der Waals surface area contributed by atoms with E-state index < -0.39 is 10.0 Å². The quantitative estimate of drug-likeness (QED) is 0.744. The van der Waals surface area contributed by atoms with Gasteiger partial charge < -0.3 is 4.57 Å². The summed E-state index contributed by atoms with van der Waals surface area (Å²) in [6.07, 6.45) is 9.33. The molecule has 0 radical (unpaired) electrons. The third-order valence-corrected chi connectivity index (χ3v) is 6.96. The van der Waals surface area contributed by atoms with Gasteiger partial charge in [-0.25, -0.2) is 13.6 Å². The molecule has 1 fully saturated rings. The first-order chi connectivity index (χ1) is 12.9. The van der Waals surface area contributed by atoms with Crippen molar-refractivity contribution >= 4 is 37.5 Å². The summed E-state index contributed by atoms with van der Waals surface area (Å²) < 4.78 is 25.8. The Bertz CT molecular complexity index is 1010. The molecule has 1 amide bonds. The second kappa shape index (κ2) is 8.50. The standard InChI is InChI=1S/C19H25N3O3S2/c1-2-12-22-16-10-9-15(27(20,24)25)13-17(16)26-19(22)21-18(23)11-8-14-6-4-3-5-7-14/h2,9-10,13-14H,1,3-8,11-12H2,(H2,20,24,25). The minimum atomic E-state index is -3.77. The van der Waals surface area contributed by atoms with E-state index in [2.05, 4.69) is 11.6 Å². The Kier molecular flexibility index (Phi) is 6.29. The molecule has 3 rings (SSSR count). The van der Waals surface area contributed by atoms with Gasteiger partial charge in [-0.15, -0.1) is 6.58 Å². The summed E-state index contributed by atoms with van der Waals surface area (Å²) >= 11 is 1.29. The fourth-order valence-corrected chi connectivity index (χ4v) is 5.30. The number of thiazole rings is 1. The number of fused-ring (bicyclic) bond motifs is 1. The average Bonchev–Trinajstić information content (AvgIpc) is 2.97. The van der Waals surface area contributed by atoms with E-state index in [1.54, 1.807) is 12.1 Å². The van der Waals surface area contributed by atoms with Crippen molar-refractivity contribution in [2.24, 2.45) is 16.0 Å². The Labute approximate surface area is 163 Å². The van der Waals surface area contributed by atoms with E-state index in [1.165, 1.54) is 55.6 Å². The highest BCUT2D eigenvalue weighted by Gasteiger charge is 2.16. The first kappa shape index (κ1) is 20.0. The number of primary sulfonamides is 1. The third kappa shape index (κ3) is 4.94. The number of hydrogen-bond donors (Lipinski definition) is 1. The molecule has 1 aliphatic carbocycles. The smallest absolute Gasteiger partial charge is 0.248 e. The Balaban J connectivity index is 1.89. The number of carbonyl (C=O) groups excluding carboxylic acids is 1. The molecule has 1 aromatic heterocycles. The molecule has 0 aliphatic heterocycles. The van der Waals surface area contributed by atoms with Gasteiger partial charge in [0.05, 0.1) is 15.1 Å². The zero-order valence-corrected chi connectivity index (χ0v) is 16.9. The maximum atomic E-state index is 12.4.